The maximum Gasteiger partial charge on any atom is 0.157 e. The van der Waals surface area contributed by atoms with Crippen LogP contribution in [0.4, 0.5) is 0 Å². The van der Waals surface area contributed by atoms with Crippen molar-refractivity contribution in [2.24, 2.45) is 5.92 Å². The number of hydrogen-bond acceptors (Lipinski definition) is 2. The second-order valence-corrected chi connectivity index (χ2v) is 7.03. The zero-order valence-electron chi connectivity index (χ0n) is 13.3. The summed E-state index contributed by atoms with van der Waals surface area (Å²) in [5.74, 6) is 1.23. The molecule has 21 heavy (non-hydrogen) atoms. The Morgan fingerprint density at radius 2 is 1.90 bits per heavy atom. The van der Waals surface area contributed by atoms with E-state index in [4.69, 9.17) is 0 Å². The van der Waals surface area contributed by atoms with Crippen LogP contribution in [0, 0.1) is 5.92 Å². The van der Waals surface area contributed by atoms with E-state index >= 15 is 0 Å². The van der Waals surface area contributed by atoms with Gasteiger partial charge in [0.25, 0.3) is 0 Å². The van der Waals surface area contributed by atoms with E-state index in [1.165, 1.54) is 24.8 Å². The Kier molecular flexibility index (Phi) is 4.17. The van der Waals surface area contributed by atoms with Crippen molar-refractivity contribution >= 4 is 5.78 Å². The highest BCUT2D eigenvalue weighted by Gasteiger charge is 2.48. The second-order valence-electron chi connectivity index (χ2n) is 7.03. The van der Waals surface area contributed by atoms with Crippen LogP contribution in [0.5, 0.6) is 0 Å². The quantitative estimate of drug-likeness (QED) is 0.813. The molecule has 0 radical (unpaired) electrons. The number of benzene rings is 1. The molecule has 2 aliphatic rings. The van der Waals surface area contributed by atoms with E-state index in [1.807, 2.05) is 6.07 Å². The van der Waals surface area contributed by atoms with Crippen LogP contribution in [-0.2, 0) is 10.3 Å². The van der Waals surface area contributed by atoms with Gasteiger partial charge < -0.3 is 0 Å². The summed E-state index contributed by atoms with van der Waals surface area (Å²) in [6, 6.07) is 11.0. The van der Waals surface area contributed by atoms with Crippen molar-refractivity contribution in [2.75, 3.05) is 6.54 Å². The molecular formula is C19H27NO. The van der Waals surface area contributed by atoms with Crippen molar-refractivity contribution in [1.29, 1.82) is 0 Å². The van der Waals surface area contributed by atoms with E-state index in [0.717, 1.165) is 31.7 Å². The van der Waals surface area contributed by atoms with Crippen molar-refractivity contribution < 1.29 is 4.79 Å². The summed E-state index contributed by atoms with van der Waals surface area (Å²) in [5, 5.41) is 0. The Morgan fingerprint density at radius 1 is 1.14 bits per heavy atom. The van der Waals surface area contributed by atoms with E-state index in [2.05, 4.69) is 43.0 Å². The second kappa shape index (κ2) is 5.92. The van der Waals surface area contributed by atoms with Gasteiger partial charge in [0.15, 0.2) is 5.78 Å². The van der Waals surface area contributed by atoms with Crippen LogP contribution in [-0.4, -0.2) is 23.3 Å². The molecule has 0 aromatic heterocycles. The van der Waals surface area contributed by atoms with Gasteiger partial charge in [-0.05, 0) is 50.6 Å². The fourth-order valence-electron chi connectivity index (χ4n) is 4.48. The molecule has 0 bridgehead atoms. The summed E-state index contributed by atoms with van der Waals surface area (Å²) >= 11 is 0. The molecule has 2 nitrogen and oxygen atoms in total. The summed E-state index contributed by atoms with van der Waals surface area (Å²) in [6.07, 6.45) is 6.39. The van der Waals surface area contributed by atoms with Gasteiger partial charge >= 0.3 is 0 Å². The van der Waals surface area contributed by atoms with Crippen LogP contribution in [0.25, 0.3) is 0 Å². The smallest absolute Gasteiger partial charge is 0.157 e. The Hall–Kier alpha value is -1.15. The van der Waals surface area contributed by atoms with Gasteiger partial charge in [0, 0.05) is 12.5 Å². The van der Waals surface area contributed by atoms with Gasteiger partial charge in [-0.2, -0.15) is 0 Å². The molecule has 2 fully saturated rings. The van der Waals surface area contributed by atoms with Crippen molar-refractivity contribution in [3.8, 4) is 0 Å². The molecule has 0 spiro atoms. The van der Waals surface area contributed by atoms with Gasteiger partial charge in [-0.15, -0.1) is 0 Å². The maximum absolute atomic E-state index is 13.0. The highest BCUT2D eigenvalue weighted by atomic mass is 16.1. The number of carbonyl (C=O) groups excluding carboxylic acids is 1. The van der Waals surface area contributed by atoms with E-state index < -0.39 is 0 Å². The molecule has 1 saturated heterocycles. The average Bonchev–Trinajstić information content (AvgIpc) is 2.49. The Morgan fingerprint density at radius 3 is 2.57 bits per heavy atom. The molecule has 0 N–H and O–H groups in total. The molecule has 1 aromatic carbocycles. The molecule has 1 aromatic rings. The topological polar surface area (TPSA) is 20.3 Å². The Labute approximate surface area is 128 Å². The lowest BCUT2D eigenvalue weighted by atomic mass is 9.72. The molecule has 3 unspecified atom stereocenters. The fraction of sp³-hybridized carbons (Fsp3) is 0.632. The number of piperidine rings is 1. The number of hydrogen-bond donors (Lipinski definition) is 0. The number of rotatable bonds is 2. The van der Waals surface area contributed by atoms with Gasteiger partial charge in [0.1, 0.15) is 5.54 Å². The maximum atomic E-state index is 13.0. The van der Waals surface area contributed by atoms with Gasteiger partial charge in [0.2, 0.25) is 0 Å². The lowest BCUT2D eigenvalue weighted by molar-refractivity contribution is -0.139. The molecule has 1 aliphatic heterocycles. The zero-order chi connectivity index (χ0) is 14.9. The molecule has 0 amide bonds. The minimum absolute atomic E-state index is 0.348. The van der Waals surface area contributed by atoms with Gasteiger partial charge in [-0.25, -0.2) is 0 Å². The van der Waals surface area contributed by atoms with E-state index in [1.54, 1.807) is 0 Å². The highest BCUT2D eigenvalue weighted by Crippen LogP contribution is 2.43. The molecule has 3 rings (SSSR count). The number of Topliss-reactive ketones (excluding diaryl/α,β-unsaturated/α-hetero) is 1. The van der Waals surface area contributed by atoms with E-state index in [-0.39, 0.29) is 5.54 Å². The number of likely N-dealkylation sites (tertiary alicyclic amines) is 1. The SMILES string of the molecule is CC1CCN(C2(c3ccccc3)CCCCC2=O)C(C)C1. The van der Waals surface area contributed by atoms with Crippen molar-refractivity contribution in [3.05, 3.63) is 35.9 Å². The predicted molar refractivity (Wildman–Crippen MR) is 86.2 cm³/mol. The van der Waals surface area contributed by atoms with Crippen LogP contribution in [0.1, 0.15) is 57.9 Å². The third-order valence-electron chi connectivity index (χ3n) is 5.53. The molecule has 1 aliphatic carbocycles. The monoisotopic (exact) mass is 285 g/mol. The summed E-state index contributed by atoms with van der Waals surface area (Å²) in [4.78, 5) is 15.5. The zero-order valence-corrected chi connectivity index (χ0v) is 13.3. The van der Waals surface area contributed by atoms with Crippen molar-refractivity contribution in [3.63, 3.8) is 0 Å². The van der Waals surface area contributed by atoms with E-state index in [0.29, 0.717) is 11.8 Å². The van der Waals surface area contributed by atoms with Gasteiger partial charge in [0.05, 0.1) is 0 Å². The first kappa shape index (κ1) is 14.8. The number of carbonyl (C=O) groups is 1. The molecule has 2 heteroatoms. The molecule has 1 saturated carbocycles. The molecule has 114 valence electrons. The summed E-state index contributed by atoms with van der Waals surface area (Å²) in [7, 11) is 0. The van der Waals surface area contributed by atoms with Gasteiger partial charge in [-0.1, -0.05) is 43.7 Å². The van der Waals surface area contributed by atoms with E-state index in [9.17, 15) is 4.79 Å². The minimum Gasteiger partial charge on any atom is -0.297 e. The Bertz CT molecular complexity index is 498. The standard InChI is InChI=1S/C19H27NO/c1-15-11-13-20(16(2)14-15)19(12-7-6-10-18(19)21)17-8-4-3-5-9-17/h3-5,8-9,15-16H,6-7,10-14H2,1-2H3. The van der Waals surface area contributed by atoms with Crippen LogP contribution < -0.4 is 0 Å². The molecule has 1 heterocycles. The third kappa shape index (κ3) is 2.55. The first-order valence-electron chi connectivity index (χ1n) is 8.50. The molecule has 3 atom stereocenters. The highest BCUT2D eigenvalue weighted by molar-refractivity contribution is 5.90. The average molecular weight is 285 g/mol. The Balaban J connectivity index is 2.02. The fourth-order valence-corrected chi connectivity index (χ4v) is 4.48. The van der Waals surface area contributed by atoms with Crippen LogP contribution in [0.15, 0.2) is 30.3 Å². The van der Waals surface area contributed by atoms with Crippen LogP contribution in [0.2, 0.25) is 0 Å². The largest absolute Gasteiger partial charge is 0.297 e. The summed E-state index contributed by atoms with van der Waals surface area (Å²) in [5.41, 5.74) is 0.870. The van der Waals surface area contributed by atoms with Crippen LogP contribution >= 0.6 is 0 Å². The van der Waals surface area contributed by atoms with Crippen molar-refractivity contribution in [2.45, 2.75) is 64.0 Å². The third-order valence-corrected chi connectivity index (χ3v) is 5.53. The summed E-state index contributed by atoms with van der Waals surface area (Å²) in [6.45, 7) is 5.71. The number of nitrogens with zero attached hydrogens (tertiary/aromatic N) is 1. The minimum atomic E-state index is -0.348. The first-order chi connectivity index (χ1) is 10.1. The first-order valence-corrected chi connectivity index (χ1v) is 8.50. The predicted octanol–water partition coefficient (Wildman–Crippen LogP) is 4.15. The number of ketones is 1. The lowest BCUT2D eigenvalue weighted by Gasteiger charge is -2.51. The normalized spacial score (nSPS) is 34.9. The van der Waals surface area contributed by atoms with Crippen molar-refractivity contribution in [1.82, 2.24) is 4.90 Å². The molecular weight excluding hydrogens is 258 g/mol. The van der Waals surface area contributed by atoms with Crippen LogP contribution in [0.3, 0.4) is 0 Å². The van der Waals surface area contributed by atoms with Gasteiger partial charge in [-0.3, -0.25) is 9.69 Å². The lowest BCUT2D eigenvalue weighted by Crippen LogP contribution is -2.58. The summed E-state index contributed by atoms with van der Waals surface area (Å²) < 4.78 is 0.